The molecule has 0 unspecified atom stereocenters. The Labute approximate surface area is 209 Å². The first-order valence-corrected chi connectivity index (χ1v) is 11.6. The summed E-state index contributed by atoms with van der Waals surface area (Å²) in [5.41, 5.74) is 9.55. The van der Waals surface area contributed by atoms with Gasteiger partial charge in [0, 0.05) is 42.0 Å². The van der Waals surface area contributed by atoms with Crippen molar-refractivity contribution in [2.75, 3.05) is 24.2 Å². The molecule has 9 heteroatoms. The first kappa shape index (κ1) is 24.2. The van der Waals surface area contributed by atoms with Crippen LogP contribution in [0.2, 0.25) is 0 Å². The van der Waals surface area contributed by atoms with Gasteiger partial charge in [-0.05, 0) is 59.5 Å². The zero-order valence-corrected chi connectivity index (χ0v) is 20.1. The number of hydrogen-bond acceptors (Lipinski definition) is 5. The predicted octanol–water partition coefficient (Wildman–Crippen LogP) is 3.56. The summed E-state index contributed by atoms with van der Waals surface area (Å²) in [5.74, 6) is -0.796. The van der Waals surface area contributed by atoms with Crippen LogP contribution in [0.4, 0.5) is 16.2 Å². The first-order valence-electron chi connectivity index (χ1n) is 11.2. The lowest BCUT2D eigenvalue weighted by atomic mass is 10.0. The van der Waals surface area contributed by atoms with Gasteiger partial charge in [-0.25, -0.2) is 4.79 Å². The van der Waals surface area contributed by atoms with Gasteiger partial charge in [0.1, 0.15) is 6.04 Å². The average Bonchev–Trinajstić information content (AvgIpc) is 2.86. The van der Waals surface area contributed by atoms with Crippen molar-refractivity contribution in [3.63, 3.8) is 0 Å². The summed E-state index contributed by atoms with van der Waals surface area (Å²) >= 11 is 4.50. The Kier molecular flexibility index (Phi) is 7.26. The van der Waals surface area contributed by atoms with Crippen LogP contribution in [0.15, 0.2) is 71.6 Å². The highest BCUT2D eigenvalue weighted by molar-refractivity contribution is 7.80. The largest absolute Gasteiger partial charge is 0.370 e. The summed E-state index contributed by atoms with van der Waals surface area (Å²) in [7, 11) is 1.75. The van der Waals surface area contributed by atoms with E-state index < -0.39 is 11.9 Å². The van der Waals surface area contributed by atoms with Gasteiger partial charge < -0.3 is 26.6 Å². The quantitative estimate of drug-likeness (QED) is 0.362. The molecule has 180 valence electrons. The number of nitrogens with zero attached hydrogens (tertiary/aromatic N) is 1. The highest BCUT2D eigenvalue weighted by atomic mass is 32.1. The lowest BCUT2D eigenvalue weighted by Gasteiger charge is -2.22. The SMILES string of the molecule is CN1CCc2ccc(cc2)[C@@H](Nc2cccc(C(N)=O)c2)C(=O)NCc2cc(ccc2S)NC1=O. The number of carbonyl (C=O) groups is 3. The van der Waals surface area contributed by atoms with Gasteiger partial charge in [0.2, 0.25) is 11.8 Å². The summed E-state index contributed by atoms with van der Waals surface area (Å²) in [6.07, 6.45) is 0.663. The Morgan fingerprint density at radius 3 is 2.60 bits per heavy atom. The molecule has 0 fully saturated rings. The van der Waals surface area contributed by atoms with Crippen molar-refractivity contribution in [2.24, 2.45) is 5.73 Å². The molecule has 35 heavy (non-hydrogen) atoms. The fourth-order valence-corrected chi connectivity index (χ4v) is 4.03. The minimum atomic E-state index is -0.714. The lowest BCUT2D eigenvalue weighted by Crippen LogP contribution is -2.34. The second-order valence-corrected chi connectivity index (χ2v) is 8.91. The number of carbonyl (C=O) groups excluding carboxylic acids is 3. The minimum Gasteiger partial charge on any atom is -0.370 e. The number of nitrogens with two attached hydrogens (primary N) is 1. The van der Waals surface area contributed by atoms with Crippen molar-refractivity contribution in [2.45, 2.75) is 23.9 Å². The normalized spacial score (nSPS) is 16.4. The van der Waals surface area contributed by atoms with Crippen LogP contribution < -0.4 is 21.7 Å². The molecule has 0 saturated carbocycles. The molecule has 1 atom stereocenters. The summed E-state index contributed by atoms with van der Waals surface area (Å²) in [5, 5.41) is 9.09. The fourth-order valence-electron chi connectivity index (χ4n) is 3.81. The number of urea groups is 1. The Morgan fingerprint density at radius 1 is 1.09 bits per heavy atom. The van der Waals surface area contributed by atoms with Gasteiger partial charge in [-0.15, -0.1) is 12.6 Å². The second kappa shape index (κ2) is 10.5. The summed E-state index contributed by atoms with van der Waals surface area (Å²) in [6, 6.07) is 18.8. The number of nitrogens with one attached hydrogen (secondary N) is 3. The van der Waals surface area contributed by atoms with E-state index in [4.69, 9.17) is 5.73 Å². The maximum atomic E-state index is 13.4. The Hall–Kier alpha value is -3.98. The van der Waals surface area contributed by atoms with Crippen LogP contribution in [0.3, 0.4) is 0 Å². The van der Waals surface area contributed by atoms with Gasteiger partial charge in [-0.1, -0.05) is 30.3 Å². The van der Waals surface area contributed by atoms with Gasteiger partial charge in [0.15, 0.2) is 0 Å². The summed E-state index contributed by atoms with van der Waals surface area (Å²) < 4.78 is 0. The van der Waals surface area contributed by atoms with Crippen LogP contribution >= 0.6 is 12.6 Å². The molecule has 4 amide bonds. The molecule has 3 aromatic rings. The van der Waals surface area contributed by atoms with Crippen molar-refractivity contribution >= 4 is 41.8 Å². The molecule has 0 aliphatic carbocycles. The van der Waals surface area contributed by atoms with E-state index >= 15 is 0 Å². The number of anilines is 2. The molecule has 5 N–H and O–H groups in total. The predicted molar refractivity (Wildman–Crippen MR) is 139 cm³/mol. The number of hydrogen-bond donors (Lipinski definition) is 5. The van der Waals surface area contributed by atoms with Gasteiger partial charge >= 0.3 is 6.03 Å². The van der Waals surface area contributed by atoms with Crippen LogP contribution in [0.5, 0.6) is 0 Å². The minimum absolute atomic E-state index is 0.210. The molecule has 3 aromatic carbocycles. The Bertz CT molecular complexity index is 1260. The molecule has 2 heterocycles. The molecular weight excluding hydrogens is 462 g/mol. The summed E-state index contributed by atoms with van der Waals surface area (Å²) in [4.78, 5) is 39.9. The van der Waals surface area contributed by atoms with Crippen LogP contribution in [0.1, 0.15) is 33.1 Å². The second-order valence-electron chi connectivity index (χ2n) is 8.43. The first-order chi connectivity index (χ1) is 16.8. The Morgan fingerprint density at radius 2 is 1.86 bits per heavy atom. The van der Waals surface area contributed by atoms with E-state index in [9.17, 15) is 14.4 Å². The van der Waals surface area contributed by atoms with E-state index in [0.717, 1.165) is 16.7 Å². The molecule has 8 nitrogen and oxygen atoms in total. The van der Waals surface area contributed by atoms with E-state index in [1.54, 1.807) is 54.4 Å². The zero-order valence-electron chi connectivity index (χ0n) is 19.2. The number of amides is 4. The molecule has 2 aliphatic heterocycles. The average molecular weight is 490 g/mol. The van der Waals surface area contributed by atoms with Gasteiger partial charge in [-0.3, -0.25) is 9.59 Å². The highest BCUT2D eigenvalue weighted by Gasteiger charge is 2.22. The third-order valence-electron chi connectivity index (χ3n) is 5.90. The standard InChI is InChI=1S/C26H27N5O3S/c1-31-12-11-16-5-7-17(8-6-16)23(29-20-4-2-3-18(13-20)24(27)32)25(33)28-15-19-14-21(30-26(31)34)9-10-22(19)35/h2-10,13-14,23,29,35H,11-12,15H2,1H3,(H2,27,32)(H,28,33)(H,30,34)/t23-/m1/s1. The third kappa shape index (κ3) is 5.93. The zero-order chi connectivity index (χ0) is 24.9. The number of rotatable bonds is 3. The van der Waals surface area contributed by atoms with E-state index in [0.29, 0.717) is 34.8 Å². The molecule has 0 aromatic heterocycles. The van der Waals surface area contributed by atoms with Crippen LogP contribution in [-0.4, -0.2) is 36.3 Å². The third-order valence-corrected chi connectivity index (χ3v) is 6.34. The van der Waals surface area contributed by atoms with Gasteiger partial charge in [0.25, 0.3) is 0 Å². The van der Waals surface area contributed by atoms with E-state index in [2.05, 4.69) is 28.6 Å². The fraction of sp³-hybridized carbons (Fsp3) is 0.192. The number of likely N-dealkylation sites (N-methyl/N-ethyl adjacent to an activating group) is 1. The van der Waals surface area contributed by atoms with Gasteiger partial charge in [-0.2, -0.15) is 0 Å². The van der Waals surface area contributed by atoms with Crippen molar-refractivity contribution < 1.29 is 14.4 Å². The lowest BCUT2D eigenvalue weighted by molar-refractivity contribution is -0.122. The molecule has 5 rings (SSSR count). The van der Waals surface area contributed by atoms with Crippen molar-refractivity contribution in [3.8, 4) is 0 Å². The molecule has 2 aliphatic rings. The molecule has 0 radical (unpaired) electrons. The number of primary amides is 1. The van der Waals surface area contributed by atoms with Crippen LogP contribution in [0.25, 0.3) is 0 Å². The van der Waals surface area contributed by atoms with Gasteiger partial charge in [0.05, 0.1) is 0 Å². The highest BCUT2D eigenvalue weighted by Crippen LogP contribution is 2.24. The van der Waals surface area contributed by atoms with E-state index in [-0.39, 0.29) is 18.5 Å². The maximum absolute atomic E-state index is 13.4. The maximum Gasteiger partial charge on any atom is 0.321 e. The molecule has 0 saturated heterocycles. The Balaban J connectivity index is 1.68. The van der Waals surface area contributed by atoms with Crippen molar-refractivity contribution in [1.82, 2.24) is 10.2 Å². The number of benzene rings is 3. The number of thiol groups is 1. The smallest absolute Gasteiger partial charge is 0.321 e. The topological polar surface area (TPSA) is 117 Å². The summed E-state index contributed by atoms with van der Waals surface area (Å²) in [6.45, 7) is 0.750. The molecule has 4 bridgehead atoms. The number of fused-ring (bicyclic) bond motifs is 9. The van der Waals surface area contributed by atoms with Crippen LogP contribution in [-0.2, 0) is 17.8 Å². The van der Waals surface area contributed by atoms with Crippen molar-refractivity contribution in [3.05, 3.63) is 89.0 Å². The van der Waals surface area contributed by atoms with Crippen molar-refractivity contribution in [1.29, 1.82) is 0 Å². The van der Waals surface area contributed by atoms with E-state index in [1.165, 1.54) is 0 Å². The molecule has 0 spiro atoms. The van der Waals surface area contributed by atoms with Crippen LogP contribution in [0, 0.1) is 0 Å². The monoisotopic (exact) mass is 489 g/mol. The van der Waals surface area contributed by atoms with E-state index in [1.807, 2.05) is 24.3 Å². The molecular formula is C26H27N5O3S.